The standard InChI is InChI=1S/C20H23N3O3/c1-4-26-19-11-16(8-9-18(19)15(3)24)12-22-23-20(25)13-21-17-7-5-6-14(2)10-17/h5-12,21H,4,13H2,1-3H3,(H,23,25)/b22-12+. The van der Waals surface area contributed by atoms with E-state index in [1.807, 2.05) is 38.1 Å². The molecule has 0 atom stereocenters. The van der Waals surface area contributed by atoms with Crippen molar-refractivity contribution in [2.75, 3.05) is 18.5 Å². The van der Waals surface area contributed by atoms with Crippen LogP contribution in [0.5, 0.6) is 5.75 Å². The summed E-state index contributed by atoms with van der Waals surface area (Å²) < 4.78 is 5.48. The Bertz CT molecular complexity index is 816. The quantitative estimate of drug-likeness (QED) is 0.434. The zero-order valence-corrected chi connectivity index (χ0v) is 15.2. The Morgan fingerprint density at radius 2 is 2.00 bits per heavy atom. The molecule has 0 bridgehead atoms. The molecule has 2 aromatic carbocycles. The van der Waals surface area contributed by atoms with E-state index in [0.717, 1.165) is 16.8 Å². The number of rotatable bonds is 8. The highest BCUT2D eigenvalue weighted by molar-refractivity contribution is 5.98. The van der Waals surface area contributed by atoms with Gasteiger partial charge in [0.25, 0.3) is 5.91 Å². The Hall–Kier alpha value is -3.15. The van der Waals surface area contributed by atoms with Gasteiger partial charge in [-0.25, -0.2) is 5.43 Å². The second kappa shape index (κ2) is 9.36. The van der Waals surface area contributed by atoms with Crippen molar-refractivity contribution in [3.8, 4) is 5.75 Å². The van der Waals surface area contributed by atoms with Crippen LogP contribution in [0.3, 0.4) is 0 Å². The van der Waals surface area contributed by atoms with Gasteiger partial charge in [0, 0.05) is 5.69 Å². The number of hydrogen-bond donors (Lipinski definition) is 2. The number of nitrogens with one attached hydrogen (secondary N) is 2. The van der Waals surface area contributed by atoms with Crippen LogP contribution in [0.2, 0.25) is 0 Å². The molecule has 1 amide bonds. The zero-order valence-electron chi connectivity index (χ0n) is 15.2. The van der Waals surface area contributed by atoms with Crippen molar-refractivity contribution >= 4 is 23.6 Å². The average molecular weight is 353 g/mol. The molecule has 0 aliphatic rings. The predicted octanol–water partition coefficient (Wildman–Crippen LogP) is 3.16. The van der Waals surface area contributed by atoms with E-state index in [4.69, 9.17) is 4.74 Å². The van der Waals surface area contributed by atoms with E-state index in [2.05, 4.69) is 15.8 Å². The van der Waals surface area contributed by atoms with Crippen LogP contribution in [0.1, 0.15) is 35.3 Å². The number of nitrogens with zero attached hydrogens (tertiary/aromatic N) is 1. The molecule has 136 valence electrons. The fourth-order valence-electron chi connectivity index (χ4n) is 2.34. The van der Waals surface area contributed by atoms with Crippen molar-refractivity contribution in [2.24, 2.45) is 5.10 Å². The Morgan fingerprint density at radius 3 is 2.69 bits per heavy atom. The van der Waals surface area contributed by atoms with Crippen LogP contribution in [0.25, 0.3) is 0 Å². The first-order valence-electron chi connectivity index (χ1n) is 8.40. The molecule has 2 N–H and O–H groups in total. The lowest BCUT2D eigenvalue weighted by Crippen LogP contribution is -2.25. The van der Waals surface area contributed by atoms with Gasteiger partial charge in [-0.15, -0.1) is 0 Å². The third-order valence-corrected chi connectivity index (χ3v) is 3.56. The maximum atomic E-state index is 11.8. The highest BCUT2D eigenvalue weighted by Gasteiger charge is 2.08. The number of aryl methyl sites for hydroxylation is 1. The monoisotopic (exact) mass is 353 g/mol. The molecular formula is C20H23N3O3. The first kappa shape index (κ1) is 19.2. The van der Waals surface area contributed by atoms with E-state index < -0.39 is 0 Å². The molecule has 6 nitrogen and oxygen atoms in total. The molecule has 0 saturated heterocycles. The number of anilines is 1. The highest BCUT2D eigenvalue weighted by Crippen LogP contribution is 2.20. The van der Waals surface area contributed by atoms with Crippen molar-refractivity contribution in [3.05, 3.63) is 59.2 Å². The highest BCUT2D eigenvalue weighted by atomic mass is 16.5. The molecule has 2 aromatic rings. The third-order valence-electron chi connectivity index (χ3n) is 3.56. The van der Waals surface area contributed by atoms with E-state index >= 15 is 0 Å². The van der Waals surface area contributed by atoms with Crippen LogP contribution in [0.4, 0.5) is 5.69 Å². The summed E-state index contributed by atoms with van der Waals surface area (Å²) in [5, 5.41) is 6.98. The molecule has 0 spiro atoms. The Balaban J connectivity index is 1.91. The van der Waals surface area contributed by atoms with Crippen molar-refractivity contribution < 1.29 is 14.3 Å². The molecule has 0 aromatic heterocycles. The van der Waals surface area contributed by atoms with Gasteiger partial charge in [0.05, 0.1) is 24.9 Å². The van der Waals surface area contributed by atoms with Crippen LogP contribution in [0, 0.1) is 6.92 Å². The topological polar surface area (TPSA) is 79.8 Å². The molecule has 0 heterocycles. The summed E-state index contributed by atoms with van der Waals surface area (Å²) in [6, 6.07) is 12.9. The number of ether oxygens (including phenoxy) is 1. The molecule has 0 aliphatic carbocycles. The maximum Gasteiger partial charge on any atom is 0.259 e. The van der Waals surface area contributed by atoms with Crippen molar-refractivity contribution in [1.29, 1.82) is 0 Å². The molecular weight excluding hydrogens is 330 g/mol. The van der Waals surface area contributed by atoms with Crippen LogP contribution in [-0.4, -0.2) is 31.1 Å². The number of hydrazone groups is 1. The Morgan fingerprint density at radius 1 is 1.19 bits per heavy atom. The van der Waals surface area contributed by atoms with Gasteiger partial charge in [-0.2, -0.15) is 5.10 Å². The number of carbonyl (C=O) groups is 2. The van der Waals surface area contributed by atoms with Gasteiger partial charge in [0.15, 0.2) is 5.78 Å². The molecule has 0 aliphatic heterocycles. The van der Waals surface area contributed by atoms with Crippen LogP contribution < -0.4 is 15.5 Å². The summed E-state index contributed by atoms with van der Waals surface area (Å²) >= 11 is 0. The fraction of sp³-hybridized carbons (Fsp3) is 0.250. The lowest BCUT2D eigenvalue weighted by molar-refractivity contribution is -0.119. The molecule has 26 heavy (non-hydrogen) atoms. The summed E-state index contributed by atoms with van der Waals surface area (Å²) in [7, 11) is 0. The van der Waals surface area contributed by atoms with Crippen LogP contribution >= 0.6 is 0 Å². The molecule has 0 fully saturated rings. The third kappa shape index (κ3) is 5.73. The molecule has 2 rings (SSSR count). The van der Waals surface area contributed by atoms with Gasteiger partial charge >= 0.3 is 0 Å². The fourth-order valence-corrected chi connectivity index (χ4v) is 2.34. The molecule has 0 saturated carbocycles. The Labute approximate surface area is 153 Å². The van der Waals surface area contributed by atoms with Crippen LogP contribution in [0.15, 0.2) is 47.6 Å². The van der Waals surface area contributed by atoms with Gasteiger partial charge in [0.1, 0.15) is 5.75 Å². The SMILES string of the molecule is CCOc1cc(/C=N/NC(=O)CNc2cccc(C)c2)ccc1C(C)=O. The summed E-state index contributed by atoms with van der Waals surface area (Å²) in [6.07, 6.45) is 1.51. The second-order valence-corrected chi connectivity index (χ2v) is 5.76. The number of benzene rings is 2. The van der Waals surface area contributed by atoms with E-state index in [1.165, 1.54) is 13.1 Å². The second-order valence-electron chi connectivity index (χ2n) is 5.76. The van der Waals surface area contributed by atoms with E-state index in [0.29, 0.717) is 17.9 Å². The van der Waals surface area contributed by atoms with Crippen LogP contribution in [-0.2, 0) is 4.79 Å². The minimum Gasteiger partial charge on any atom is -0.493 e. The first-order chi connectivity index (χ1) is 12.5. The van der Waals surface area contributed by atoms with E-state index in [1.54, 1.807) is 18.2 Å². The van der Waals surface area contributed by atoms with E-state index in [9.17, 15) is 9.59 Å². The lowest BCUT2D eigenvalue weighted by atomic mass is 10.1. The summed E-state index contributed by atoms with van der Waals surface area (Å²) in [6.45, 7) is 5.92. The summed E-state index contributed by atoms with van der Waals surface area (Å²) in [4.78, 5) is 23.4. The van der Waals surface area contributed by atoms with Gasteiger partial charge < -0.3 is 10.1 Å². The van der Waals surface area contributed by atoms with Crippen molar-refractivity contribution in [1.82, 2.24) is 5.43 Å². The smallest absolute Gasteiger partial charge is 0.259 e. The molecule has 6 heteroatoms. The number of hydrogen-bond acceptors (Lipinski definition) is 5. The summed E-state index contributed by atoms with van der Waals surface area (Å²) in [5.74, 6) is 0.192. The molecule has 0 radical (unpaired) electrons. The van der Waals surface area contributed by atoms with Crippen molar-refractivity contribution in [3.63, 3.8) is 0 Å². The van der Waals surface area contributed by atoms with E-state index in [-0.39, 0.29) is 18.2 Å². The summed E-state index contributed by atoms with van der Waals surface area (Å²) in [5.41, 5.74) is 5.71. The van der Waals surface area contributed by atoms with Gasteiger partial charge in [0.2, 0.25) is 0 Å². The minimum absolute atomic E-state index is 0.0625. The van der Waals surface area contributed by atoms with Gasteiger partial charge in [-0.1, -0.05) is 18.2 Å². The number of ketones is 1. The van der Waals surface area contributed by atoms with Crippen molar-refractivity contribution in [2.45, 2.75) is 20.8 Å². The predicted molar refractivity (Wildman–Crippen MR) is 103 cm³/mol. The molecule has 0 unspecified atom stereocenters. The minimum atomic E-state index is -0.256. The normalized spacial score (nSPS) is 10.6. The first-order valence-corrected chi connectivity index (χ1v) is 8.40. The number of carbonyl (C=O) groups excluding carboxylic acids is 2. The number of Topliss-reactive ketones (excluding diaryl/α,β-unsaturated/α-hetero) is 1. The van der Waals surface area contributed by atoms with Gasteiger partial charge in [-0.3, -0.25) is 9.59 Å². The lowest BCUT2D eigenvalue weighted by Gasteiger charge is -2.08. The average Bonchev–Trinajstić information content (AvgIpc) is 2.60. The van der Waals surface area contributed by atoms with Gasteiger partial charge in [-0.05, 0) is 56.2 Å². The number of amides is 1. The largest absolute Gasteiger partial charge is 0.493 e. The zero-order chi connectivity index (χ0) is 18.9. The Kier molecular flexibility index (Phi) is 6.91. The maximum absolute atomic E-state index is 11.8.